The first-order chi connectivity index (χ1) is 8.70. The molecule has 0 aliphatic rings. The number of aromatic nitrogens is 3. The maximum Gasteiger partial charge on any atom is 0.328 e. The smallest absolute Gasteiger partial charge is 0.328 e. The highest BCUT2D eigenvalue weighted by molar-refractivity contribution is 5.84. The van der Waals surface area contributed by atoms with E-state index in [4.69, 9.17) is 9.84 Å². The largest absolute Gasteiger partial charge is 0.479 e. The lowest BCUT2D eigenvalue weighted by Crippen LogP contribution is -1.99. The van der Waals surface area contributed by atoms with Crippen molar-refractivity contribution in [3.05, 3.63) is 42.6 Å². The number of methoxy groups -OCH3 is 1. The van der Waals surface area contributed by atoms with Gasteiger partial charge in [-0.15, -0.1) is 0 Å². The Balaban J connectivity index is 2.38. The molecule has 92 valence electrons. The molecule has 1 N–H and O–H groups in total. The van der Waals surface area contributed by atoms with Crippen LogP contribution in [-0.2, 0) is 4.79 Å². The van der Waals surface area contributed by atoms with Gasteiger partial charge in [-0.3, -0.25) is 0 Å². The number of aliphatic carboxylic acids is 1. The van der Waals surface area contributed by atoms with Gasteiger partial charge in [0.1, 0.15) is 5.69 Å². The van der Waals surface area contributed by atoms with Crippen LogP contribution in [-0.4, -0.2) is 32.7 Å². The number of hydrogen-bond donors (Lipinski definition) is 1. The highest BCUT2D eigenvalue weighted by atomic mass is 16.5. The molecule has 0 atom stereocenters. The minimum atomic E-state index is -1.02. The Morgan fingerprint density at radius 2 is 2.33 bits per heavy atom. The molecule has 0 aromatic carbocycles. The fourth-order valence-corrected chi connectivity index (χ4v) is 1.45. The van der Waals surface area contributed by atoms with Gasteiger partial charge in [0, 0.05) is 18.5 Å². The third-order valence-corrected chi connectivity index (χ3v) is 2.23. The monoisotopic (exact) mass is 245 g/mol. The van der Waals surface area contributed by atoms with E-state index < -0.39 is 5.97 Å². The molecule has 0 saturated heterocycles. The second kappa shape index (κ2) is 5.13. The minimum absolute atomic E-state index is 0.403. The van der Waals surface area contributed by atoms with Crippen molar-refractivity contribution in [1.29, 1.82) is 0 Å². The van der Waals surface area contributed by atoms with Gasteiger partial charge in [0.05, 0.1) is 19.1 Å². The summed E-state index contributed by atoms with van der Waals surface area (Å²) in [6.45, 7) is 0. The summed E-state index contributed by atoms with van der Waals surface area (Å²) in [6.07, 6.45) is 7.48. The third kappa shape index (κ3) is 2.54. The van der Waals surface area contributed by atoms with Gasteiger partial charge in [-0.05, 0) is 18.2 Å². The summed E-state index contributed by atoms with van der Waals surface area (Å²) in [5.41, 5.74) is 1.25. The lowest BCUT2D eigenvalue weighted by Gasteiger charge is -2.08. The summed E-state index contributed by atoms with van der Waals surface area (Å²) in [5.74, 6) is -0.616. The van der Waals surface area contributed by atoms with Crippen LogP contribution in [0.5, 0.6) is 5.88 Å². The van der Waals surface area contributed by atoms with Gasteiger partial charge in [0.2, 0.25) is 5.88 Å². The number of pyridine rings is 1. The van der Waals surface area contributed by atoms with Crippen LogP contribution in [0.2, 0.25) is 0 Å². The molecular formula is C12H11N3O3. The number of hydrogen-bond acceptors (Lipinski definition) is 4. The lowest BCUT2D eigenvalue weighted by molar-refractivity contribution is -0.131. The molecule has 6 nitrogen and oxygen atoms in total. The van der Waals surface area contributed by atoms with E-state index in [0.717, 1.165) is 11.8 Å². The molecule has 2 rings (SSSR count). The van der Waals surface area contributed by atoms with Crippen LogP contribution in [0.15, 0.2) is 36.9 Å². The topological polar surface area (TPSA) is 77.2 Å². The summed E-state index contributed by atoms with van der Waals surface area (Å²) < 4.78 is 6.94. The van der Waals surface area contributed by atoms with Crippen molar-refractivity contribution < 1.29 is 14.6 Å². The standard InChI is InChI=1S/C12H11N3O3/c1-18-12-10(15-7-6-13-8-15)4-2-9(14-12)3-5-11(16)17/h2-8H,1H3,(H,16,17). The van der Waals surface area contributed by atoms with Crippen molar-refractivity contribution in [1.82, 2.24) is 14.5 Å². The van der Waals surface area contributed by atoms with Crippen LogP contribution >= 0.6 is 0 Å². The predicted molar refractivity (Wildman–Crippen MR) is 64.6 cm³/mol. The number of imidazole rings is 1. The Morgan fingerprint density at radius 1 is 1.50 bits per heavy atom. The van der Waals surface area contributed by atoms with Crippen LogP contribution in [0.1, 0.15) is 5.69 Å². The van der Waals surface area contributed by atoms with Gasteiger partial charge >= 0.3 is 5.97 Å². The Bertz CT molecular complexity index is 576. The molecule has 2 heterocycles. The van der Waals surface area contributed by atoms with Gasteiger partial charge in [0.15, 0.2) is 0 Å². The van der Waals surface area contributed by atoms with Gasteiger partial charge in [-0.2, -0.15) is 0 Å². The van der Waals surface area contributed by atoms with Crippen molar-refractivity contribution in [2.24, 2.45) is 0 Å². The van der Waals surface area contributed by atoms with Gasteiger partial charge in [-0.25, -0.2) is 14.8 Å². The maximum absolute atomic E-state index is 10.4. The van der Waals surface area contributed by atoms with Crippen LogP contribution in [0.3, 0.4) is 0 Å². The van der Waals surface area contributed by atoms with E-state index in [1.54, 1.807) is 35.4 Å². The maximum atomic E-state index is 10.4. The summed E-state index contributed by atoms with van der Waals surface area (Å²) in [7, 11) is 1.51. The summed E-state index contributed by atoms with van der Waals surface area (Å²) >= 11 is 0. The second-order valence-corrected chi connectivity index (χ2v) is 3.41. The molecule has 2 aromatic rings. The number of nitrogens with zero attached hydrogens (tertiary/aromatic N) is 3. The second-order valence-electron chi connectivity index (χ2n) is 3.41. The van der Waals surface area contributed by atoms with Crippen LogP contribution in [0.4, 0.5) is 0 Å². The number of carbonyl (C=O) groups is 1. The Labute approximate surface area is 103 Å². The first kappa shape index (κ1) is 11.8. The fourth-order valence-electron chi connectivity index (χ4n) is 1.45. The van der Waals surface area contributed by atoms with Gasteiger partial charge in [-0.1, -0.05) is 0 Å². The Kier molecular flexibility index (Phi) is 3.38. The SMILES string of the molecule is COc1nc(C=CC(=O)O)ccc1-n1ccnc1. The molecule has 6 heteroatoms. The zero-order valence-corrected chi connectivity index (χ0v) is 9.65. The number of carboxylic acids is 1. The van der Waals surface area contributed by atoms with Crippen molar-refractivity contribution in [2.45, 2.75) is 0 Å². The highest BCUT2D eigenvalue weighted by Gasteiger charge is 2.06. The van der Waals surface area contributed by atoms with Crippen molar-refractivity contribution >= 4 is 12.0 Å². The van der Waals surface area contributed by atoms with E-state index in [9.17, 15) is 4.79 Å². The number of carboxylic acid groups (broad SMARTS) is 1. The average Bonchev–Trinajstić information content (AvgIpc) is 2.89. The van der Waals surface area contributed by atoms with E-state index in [0.29, 0.717) is 11.6 Å². The van der Waals surface area contributed by atoms with Crippen molar-refractivity contribution in [3.8, 4) is 11.6 Å². The summed E-state index contributed by atoms with van der Waals surface area (Å²) in [4.78, 5) is 18.6. The lowest BCUT2D eigenvalue weighted by atomic mass is 10.3. The summed E-state index contributed by atoms with van der Waals surface area (Å²) in [6, 6.07) is 3.49. The number of rotatable bonds is 4. The van der Waals surface area contributed by atoms with E-state index in [1.807, 2.05) is 0 Å². The zero-order chi connectivity index (χ0) is 13.0. The van der Waals surface area contributed by atoms with Crippen molar-refractivity contribution in [2.75, 3.05) is 7.11 Å². The van der Waals surface area contributed by atoms with Crippen molar-refractivity contribution in [3.63, 3.8) is 0 Å². The molecule has 0 amide bonds. The average molecular weight is 245 g/mol. The molecule has 0 unspecified atom stereocenters. The van der Waals surface area contributed by atoms with E-state index in [-0.39, 0.29) is 0 Å². The molecule has 18 heavy (non-hydrogen) atoms. The third-order valence-electron chi connectivity index (χ3n) is 2.23. The first-order valence-electron chi connectivity index (χ1n) is 5.15. The minimum Gasteiger partial charge on any atom is -0.479 e. The fraction of sp³-hybridized carbons (Fsp3) is 0.0833. The molecular weight excluding hydrogens is 234 g/mol. The molecule has 0 fully saturated rings. The molecule has 0 aliphatic heterocycles. The Hall–Kier alpha value is -2.63. The first-order valence-corrected chi connectivity index (χ1v) is 5.15. The zero-order valence-electron chi connectivity index (χ0n) is 9.65. The molecule has 2 aromatic heterocycles. The molecule has 0 radical (unpaired) electrons. The normalized spacial score (nSPS) is 10.7. The van der Waals surface area contributed by atoms with E-state index >= 15 is 0 Å². The van der Waals surface area contributed by atoms with Crippen LogP contribution in [0.25, 0.3) is 11.8 Å². The molecule has 0 spiro atoms. The van der Waals surface area contributed by atoms with Crippen LogP contribution in [0, 0.1) is 0 Å². The van der Waals surface area contributed by atoms with E-state index in [2.05, 4.69) is 9.97 Å². The highest BCUT2D eigenvalue weighted by Crippen LogP contribution is 2.20. The molecule has 0 saturated carbocycles. The van der Waals surface area contributed by atoms with Gasteiger partial charge in [0.25, 0.3) is 0 Å². The summed E-state index contributed by atoms with van der Waals surface area (Å²) in [5, 5.41) is 8.55. The van der Waals surface area contributed by atoms with E-state index in [1.165, 1.54) is 13.2 Å². The van der Waals surface area contributed by atoms with Crippen LogP contribution < -0.4 is 4.74 Å². The van der Waals surface area contributed by atoms with Gasteiger partial charge < -0.3 is 14.4 Å². The molecule has 0 aliphatic carbocycles. The molecule has 0 bridgehead atoms. The quantitative estimate of drug-likeness (QED) is 0.823. The number of ether oxygens (including phenoxy) is 1. The Morgan fingerprint density at radius 3 is 2.94 bits per heavy atom. The predicted octanol–water partition coefficient (Wildman–Crippen LogP) is 1.37.